The molecule has 0 aliphatic rings. The van der Waals surface area contributed by atoms with E-state index >= 15 is 0 Å². The van der Waals surface area contributed by atoms with Gasteiger partial charge in [-0.1, -0.05) is 258 Å². The highest BCUT2D eigenvalue weighted by atomic mass is 32.3. The highest BCUT2D eigenvalue weighted by molar-refractivity contribution is 7.81. The van der Waals surface area contributed by atoms with Crippen molar-refractivity contribution in [3.05, 3.63) is 0 Å². The third-order valence-electron chi connectivity index (χ3n) is 10.5. The van der Waals surface area contributed by atoms with E-state index in [-0.39, 0.29) is 13.2 Å². The molecule has 0 N–H and O–H groups in total. The smallest absolute Gasteiger partial charge is 0.248 e. The van der Waals surface area contributed by atoms with Crippen molar-refractivity contribution in [3.8, 4) is 0 Å². The summed E-state index contributed by atoms with van der Waals surface area (Å²) in [5.41, 5.74) is 0. The molecule has 0 aliphatic carbocycles. The first kappa shape index (κ1) is 48.9. The van der Waals surface area contributed by atoms with Crippen molar-refractivity contribution >= 4 is 10.4 Å². The summed E-state index contributed by atoms with van der Waals surface area (Å²) in [5.74, 6) is 0. The van der Waals surface area contributed by atoms with Crippen LogP contribution in [0.3, 0.4) is 0 Å². The molecule has 0 heterocycles. The zero-order chi connectivity index (χ0) is 35.6. The molecule has 0 fully saturated rings. The van der Waals surface area contributed by atoms with Crippen LogP contribution in [-0.4, -0.2) is 21.6 Å². The predicted octanol–water partition coefficient (Wildman–Crippen LogP) is 15.9. The Hall–Kier alpha value is -0.130. The van der Waals surface area contributed by atoms with Gasteiger partial charge in [0.25, 0.3) is 0 Å². The second kappa shape index (κ2) is 42.3. The van der Waals surface area contributed by atoms with Crippen molar-refractivity contribution in [2.75, 3.05) is 13.2 Å². The van der Waals surface area contributed by atoms with E-state index in [2.05, 4.69) is 13.8 Å². The Morgan fingerprint density at radius 1 is 0.245 bits per heavy atom. The van der Waals surface area contributed by atoms with Gasteiger partial charge in [0.05, 0.1) is 13.2 Å². The molecule has 0 aromatic rings. The van der Waals surface area contributed by atoms with E-state index in [0.717, 1.165) is 25.7 Å². The van der Waals surface area contributed by atoms with Gasteiger partial charge in [-0.2, -0.15) is 8.42 Å². The van der Waals surface area contributed by atoms with Gasteiger partial charge in [-0.15, -0.1) is 0 Å². The van der Waals surface area contributed by atoms with Crippen molar-refractivity contribution in [1.82, 2.24) is 0 Å². The normalized spacial score (nSPS) is 12.0. The Kier molecular flexibility index (Phi) is 42.2. The lowest BCUT2D eigenvalue weighted by molar-refractivity contribution is 0.208. The van der Waals surface area contributed by atoms with Crippen LogP contribution in [0.2, 0.25) is 0 Å². The molecule has 0 unspecified atom stereocenters. The predicted molar refractivity (Wildman–Crippen MR) is 217 cm³/mol. The van der Waals surface area contributed by atoms with Gasteiger partial charge in [-0.3, -0.25) is 0 Å². The molecule has 0 spiro atoms. The Morgan fingerprint density at radius 2 is 0.388 bits per heavy atom. The maximum Gasteiger partial charge on any atom is 0.399 e. The van der Waals surface area contributed by atoms with Crippen LogP contribution in [0.25, 0.3) is 0 Å². The molecule has 0 aliphatic heterocycles. The quantitative estimate of drug-likeness (QED) is 0.0590. The van der Waals surface area contributed by atoms with Crippen LogP contribution in [-0.2, 0) is 18.8 Å². The molecule has 0 rings (SSSR count). The van der Waals surface area contributed by atoms with E-state index in [1.165, 1.54) is 231 Å². The van der Waals surface area contributed by atoms with Crippen molar-refractivity contribution < 1.29 is 16.8 Å². The van der Waals surface area contributed by atoms with Crippen LogP contribution in [0, 0.1) is 0 Å². The summed E-state index contributed by atoms with van der Waals surface area (Å²) in [7, 11) is -3.83. The van der Waals surface area contributed by atoms with Crippen LogP contribution >= 0.6 is 0 Å². The van der Waals surface area contributed by atoms with Gasteiger partial charge in [-0.05, 0) is 12.8 Å². The van der Waals surface area contributed by atoms with Gasteiger partial charge < -0.3 is 0 Å². The number of hydrogen-bond acceptors (Lipinski definition) is 4. The first-order valence-corrected chi connectivity index (χ1v) is 24.0. The zero-order valence-electron chi connectivity index (χ0n) is 33.7. The fraction of sp³-hybridized carbons (Fsp3) is 1.00. The van der Waals surface area contributed by atoms with E-state index in [4.69, 9.17) is 8.37 Å². The van der Waals surface area contributed by atoms with Gasteiger partial charge in [-0.25, -0.2) is 8.37 Å². The number of hydrogen-bond donors (Lipinski definition) is 0. The Bertz CT molecular complexity index is 643. The third-order valence-corrected chi connectivity index (χ3v) is 11.4. The van der Waals surface area contributed by atoms with E-state index in [1.807, 2.05) is 0 Å². The lowest BCUT2D eigenvalue weighted by Gasteiger charge is -2.07. The zero-order valence-corrected chi connectivity index (χ0v) is 34.6. The Morgan fingerprint density at radius 3 is 0.551 bits per heavy atom. The van der Waals surface area contributed by atoms with E-state index in [1.54, 1.807) is 0 Å². The second-order valence-electron chi connectivity index (χ2n) is 15.5. The summed E-state index contributed by atoms with van der Waals surface area (Å²) in [6, 6.07) is 0. The second-order valence-corrected chi connectivity index (χ2v) is 16.8. The molecule has 5 heteroatoms. The van der Waals surface area contributed by atoms with Crippen LogP contribution in [0.1, 0.15) is 271 Å². The van der Waals surface area contributed by atoms with E-state index in [0.29, 0.717) is 0 Å². The monoisotopic (exact) mass is 715 g/mol. The van der Waals surface area contributed by atoms with Crippen molar-refractivity contribution in [2.24, 2.45) is 0 Å². The molecule has 296 valence electrons. The fourth-order valence-electron chi connectivity index (χ4n) is 7.07. The molecule has 0 bridgehead atoms. The molecular formula is C44H90O4S. The summed E-state index contributed by atoms with van der Waals surface area (Å²) >= 11 is 0. The van der Waals surface area contributed by atoms with Crippen LogP contribution in [0.5, 0.6) is 0 Å². The molecule has 0 radical (unpaired) electrons. The maximum atomic E-state index is 12.0. The summed E-state index contributed by atoms with van der Waals surface area (Å²) < 4.78 is 34.1. The third kappa shape index (κ3) is 44.0. The number of rotatable bonds is 44. The minimum atomic E-state index is -3.83. The van der Waals surface area contributed by atoms with Crippen molar-refractivity contribution in [3.63, 3.8) is 0 Å². The average Bonchev–Trinajstić information content (AvgIpc) is 3.09. The SMILES string of the molecule is CCCCCCCCCCCCCCCCCCCCCCOS(=O)(=O)OCCCCCCCCCCCCCCCCCCCCCC. The summed E-state index contributed by atoms with van der Waals surface area (Å²) in [6.45, 7) is 5.08. The Balaban J connectivity index is 3.25. The summed E-state index contributed by atoms with van der Waals surface area (Å²) in [5, 5.41) is 0. The molecule has 49 heavy (non-hydrogen) atoms. The fourth-order valence-corrected chi connectivity index (χ4v) is 7.78. The minimum absolute atomic E-state index is 0.251. The van der Waals surface area contributed by atoms with Gasteiger partial charge in [0.2, 0.25) is 0 Å². The first-order valence-electron chi connectivity index (χ1n) is 22.7. The minimum Gasteiger partial charge on any atom is -0.248 e. The molecule has 0 aromatic carbocycles. The molecule has 0 aromatic heterocycles. The summed E-state index contributed by atoms with van der Waals surface area (Å²) in [6.07, 6.45) is 53.6. The van der Waals surface area contributed by atoms with Crippen LogP contribution in [0.4, 0.5) is 0 Å². The summed E-state index contributed by atoms with van der Waals surface area (Å²) in [4.78, 5) is 0. The highest BCUT2D eigenvalue weighted by Crippen LogP contribution is 2.17. The average molecular weight is 715 g/mol. The highest BCUT2D eigenvalue weighted by Gasteiger charge is 2.11. The number of unbranched alkanes of at least 4 members (excludes halogenated alkanes) is 38. The largest absolute Gasteiger partial charge is 0.399 e. The molecule has 4 nitrogen and oxygen atoms in total. The van der Waals surface area contributed by atoms with Crippen molar-refractivity contribution in [1.29, 1.82) is 0 Å². The molecule has 0 atom stereocenters. The van der Waals surface area contributed by atoms with Crippen LogP contribution < -0.4 is 0 Å². The first-order chi connectivity index (χ1) is 24.1. The molecule has 0 saturated carbocycles. The van der Waals surface area contributed by atoms with Crippen LogP contribution in [0.15, 0.2) is 0 Å². The van der Waals surface area contributed by atoms with E-state index in [9.17, 15) is 8.42 Å². The lowest BCUT2D eigenvalue weighted by atomic mass is 10.0. The molecular weight excluding hydrogens is 625 g/mol. The van der Waals surface area contributed by atoms with Gasteiger partial charge in [0.1, 0.15) is 0 Å². The maximum absolute atomic E-state index is 12.0. The Labute approximate surface area is 310 Å². The molecule has 0 saturated heterocycles. The topological polar surface area (TPSA) is 52.6 Å². The lowest BCUT2D eigenvalue weighted by Crippen LogP contribution is -2.12. The van der Waals surface area contributed by atoms with Gasteiger partial charge >= 0.3 is 10.4 Å². The standard InChI is InChI=1S/C44H90O4S/c1-3-5-7-9-11-13-15-17-19-21-23-25-27-29-31-33-35-37-39-41-43-47-49(45,46)48-44-42-40-38-36-34-32-30-28-26-24-22-20-18-16-14-12-10-8-6-4-2/h3-44H2,1-2H3. The van der Waals surface area contributed by atoms with E-state index < -0.39 is 10.4 Å². The molecule has 0 amide bonds. The van der Waals surface area contributed by atoms with Gasteiger partial charge in [0.15, 0.2) is 0 Å². The van der Waals surface area contributed by atoms with Crippen molar-refractivity contribution in [2.45, 2.75) is 271 Å². The van der Waals surface area contributed by atoms with Gasteiger partial charge in [0, 0.05) is 0 Å².